The van der Waals surface area contributed by atoms with E-state index in [0.29, 0.717) is 16.6 Å². The molecular weight excluding hydrogens is 310 g/mol. The number of aliphatic hydroxyl groups excluding tert-OH is 1. The molecule has 0 aliphatic rings. The lowest BCUT2D eigenvalue weighted by atomic mass is 9.95. The molecule has 0 fully saturated rings. The van der Waals surface area contributed by atoms with Crippen LogP contribution in [0.5, 0.6) is 11.5 Å². The zero-order valence-corrected chi connectivity index (χ0v) is 12.5. The largest absolute Gasteiger partial charge is 0.508 e. The number of aromatic hydroxyl groups is 2. The minimum absolute atomic E-state index is 0.129. The molecule has 3 N–H and O–H groups in total. The highest BCUT2D eigenvalue weighted by molar-refractivity contribution is 5.90. The summed E-state index contributed by atoms with van der Waals surface area (Å²) in [7, 11) is 0. The zero-order valence-electron chi connectivity index (χ0n) is 12.5. The summed E-state index contributed by atoms with van der Waals surface area (Å²) in [6.45, 7) is 6.84. The Morgan fingerprint density at radius 3 is 2.58 bits per heavy atom. The van der Waals surface area contributed by atoms with Gasteiger partial charge in [-0.3, -0.25) is 0 Å². The van der Waals surface area contributed by atoms with E-state index in [1.807, 2.05) is 0 Å². The Balaban J connectivity index is 2.39. The summed E-state index contributed by atoms with van der Waals surface area (Å²) in [6.07, 6.45) is 0.176. The van der Waals surface area contributed by atoms with Gasteiger partial charge in [0.2, 0.25) is 0 Å². The molecular formula is C18H13NO5. The van der Waals surface area contributed by atoms with E-state index < -0.39 is 5.63 Å². The predicted molar refractivity (Wildman–Crippen MR) is 88.3 cm³/mol. The summed E-state index contributed by atoms with van der Waals surface area (Å²) in [5.74, 6) is -0.398. The monoisotopic (exact) mass is 323 g/mol. The van der Waals surface area contributed by atoms with E-state index in [4.69, 9.17) is 11.0 Å². The lowest BCUT2D eigenvalue weighted by Gasteiger charge is -2.12. The van der Waals surface area contributed by atoms with Crippen LogP contribution in [0.3, 0.4) is 0 Å². The van der Waals surface area contributed by atoms with Gasteiger partial charge in [0, 0.05) is 23.6 Å². The maximum absolute atomic E-state index is 12.5. The lowest BCUT2D eigenvalue weighted by Crippen LogP contribution is -2.09. The van der Waals surface area contributed by atoms with Crippen LogP contribution in [0.4, 0.5) is 5.69 Å². The normalized spacial score (nSPS) is 10.7. The van der Waals surface area contributed by atoms with E-state index >= 15 is 0 Å². The molecule has 3 aromatic rings. The maximum Gasteiger partial charge on any atom is 0.344 e. The van der Waals surface area contributed by atoms with Gasteiger partial charge < -0.3 is 19.7 Å². The molecule has 2 aromatic carbocycles. The van der Waals surface area contributed by atoms with Crippen molar-refractivity contribution in [1.82, 2.24) is 0 Å². The Hall–Kier alpha value is -3.30. The molecule has 24 heavy (non-hydrogen) atoms. The molecule has 6 nitrogen and oxygen atoms in total. The predicted octanol–water partition coefficient (Wildman–Crippen LogP) is 2.96. The summed E-state index contributed by atoms with van der Waals surface area (Å²) in [6, 6.07) is 8.60. The van der Waals surface area contributed by atoms with Crippen molar-refractivity contribution >= 4 is 16.7 Å². The molecule has 0 amide bonds. The second-order valence-corrected chi connectivity index (χ2v) is 5.21. The van der Waals surface area contributed by atoms with E-state index in [0.717, 1.165) is 6.07 Å². The van der Waals surface area contributed by atoms with Crippen LogP contribution in [-0.4, -0.2) is 21.9 Å². The minimum atomic E-state index is -0.686. The third-order valence-electron chi connectivity index (χ3n) is 3.74. The molecule has 0 atom stereocenters. The highest BCUT2D eigenvalue weighted by Gasteiger charge is 2.19. The first kappa shape index (κ1) is 15.6. The van der Waals surface area contributed by atoms with Crippen molar-refractivity contribution in [2.45, 2.75) is 6.42 Å². The molecule has 120 valence electrons. The lowest BCUT2D eigenvalue weighted by molar-refractivity contribution is 0.300. The molecule has 0 saturated carbocycles. The van der Waals surface area contributed by atoms with Crippen LogP contribution < -0.4 is 5.63 Å². The quantitative estimate of drug-likeness (QED) is 0.509. The van der Waals surface area contributed by atoms with Gasteiger partial charge in [-0.25, -0.2) is 9.64 Å². The van der Waals surface area contributed by atoms with Crippen LogP contribution in [0, 0.1) is 6.57 Å². The van der Waals surface area contributed by atoms with Crippen LogP contribution in [0.25, 0.3) is 26.9 Å². The molecule has 6 heteroatoms. The van der Waals surface area contributed by atoms with Crippen molar-refractivity contribution < 1.29 is 19.7 Å². The Morgan fingerprint density at radius 1 is 1.12 bits per heavy atom. The van der Waals surface area contributed by atoms with Gasteiger partial charge in [0.15, 0.2) is 5.69 Å². The van der Waals surface area contributed by atoms with Crippen molar-refractivity contribution in [1.29, 1.82) is 0 Å². The number of hydrogen-bond acceptors (Lipinski definition) is 5. The Labute approximate surface area is 136 Å². The van der Waals surface area contributed by atoms with Crippen molar-refractivity contribution in [3.63, 3.8) is 0 Å². The van der Waals surface area contributed by atoms with Gasteiger partial charge in [-0.05, 0) is 30.2 Å². The third kappa shape index (κ3) is 2.57. The highest BCUT2D eigenvalue weighted by Crippen LogP contribution is 2.35. The molecule has 0 saturated heterocycles. The molecule has 0 radical (unpaired) electrons. The number of rotatable bonds is 3. The van der Waals surface area contributed by atoms with Gasteiger partial charge in [0.1, 0.15) is 17.1 Å². The van der Waals surface area contributed by atoms with E-state index in [-0.39, 0.29) is 41.2 Å². The average Bonchev–Trinajstić information content (AvgIpc) is 2.55. The molecule has 3 rings (SSSR count). The van der Waals surface area contributed by atoms with Crippen LogP contribution >= 0.6 is 0 Å². The number of aliphatic hydroxyl groups is 1. The highest BCUT2D eigenvalue weighted by atomic mass is 16.4. The first-order valence-corrected chi connectivity index (χ1v) is 7.15. The maximum atomic E-state index is 12.5. The number of fused-ring (bicyclic) bond motifs is 1. The second kappa shape index (κ2) is 6.07. The fourth-order valence-corrected chi connectivity index (χ4v) is 2.70. The molecule has 0 aliphatic heterocycles. The summed E-state index contributed by atoms with van der Waals surface area (Å²) in [5.41, 5.74) is 0.751. The number of nitrogens with zero attached hydrogens (tertiary/aromatic N) is 1. The zero-order chi connectivity index (χ0) is 17.3. The first-order valence-electron chi connectivity index (χ1n) is 7.15. The van der Waals surface area contributed by atoms with Crippen molar-refractivity contribution in [3.05, 3.63) is 63.8 Å². The van der Waals surface area contributed by atoms with Crippen molar-refractivity contribution in [3.8, 4) is 22.6 Å². The summed E-state index contributed by atoms with van der Waals surface area (Å²) in [5, 5.41) is 29.5. The fraction of sp³-hybridized carbons (Fsp3) is 0.111. The van der Waals surface area contributed by atoms with Gasteiger partial charge >= 0.3 is 5.63 Å². The Kier molecular flexibility index (Phi) is 3.94. The van der Waals surface area contributed by atoms with Crippen LogP contribution in [0.15, 0.2) is 45.6 Å². The van der Waals surface area contributed by atoms with Gasteiger partial charge in [-0.2, -0.15) is 0 Å². The first-order chi connectivity index (χ1) is 11.5. The average molecular weight is 323 g/mol. The Bertz CT molecular complexity index is 1030. The van der Waals surface area contributed by atoms with Gasteiger partial charge in [0.05, 0.1) is 12.1 Å². The summed E-state index contributed by atoms with van der Waals surface area (Å²) < 4.78 is 5.31. The third-order valence-corrected chi connectivity index (χ3v) is 3.74. The number of hydrogen-bond donors (Lipinski definition) is 3. The number of benzene rings is 2. The molecule has 1 heterocycles. The van der Waals surface area contributed by atoms with Gasteiger partial charge in [-0.1, -0.05) is 12.1 Å². The molecule has 0 unspecified atom stereocenters. The minimum Gasteiger partial charge on any atom is -0.508 e. The fourth-order valence-electron chi connectivity index (χ4n) is 2.70. The van der Waals surface area contributed by atoms with Gasteiger partial charge in [-0.15, -0.1) is 0 Å². The summed E-state index contributed by atoms with van der Waals surface area (Å²) in [4.78, 5) is 15.8. The molecule has 1 aromatic heterocycles. The van der Waals surface area contributed by atoms with Crippen LogP contribution in [-0.2, 0) is 6.42 Å². The number of phenolic OH excluding ortho intramolecular Hbond substituents is 2. The number of phenols is 2. The van der Waals surface area contributed by atoms with Crippen molar-refractivity contribution in [2.24, 2.45) is 0 Å². The van der Waals surface area contributed by atoms with Crippen molar-refractivity contribution in [2.75, 3.05) is 6.61 Å². The van der Waals surface area contributed by atoms with Crippen LogP contribution in [0.2, 0.25) is 0 Å². The van der Waals surface area contributed by atoms with E-state index in [9.17, 15) is 20.1 Å². The molecule has 0 bridgehead atoms. The SMILES string of the molecule is [C-]#[N+]c1ccc2c(CCO)c(-c3ccc(O)cc3O)c(=O)oc2c1. The van der Waals surface area contributed by atoms with Gasteiger partial charge in [0.25, 0.3) is 0 Å². The summed E-state index contributed by atoms with van der Waals surface area (Å²) >= 11 is 0. The Morgan fingerprint density at radius 2 is 1.92 bits per heavy atom. The standard InChI is InChI=1S/C18H13NO5/c1-19-10-2-4-12-13(6-7-20)17(18(23)24-16(12)8-10)14-5-3-11(21)9-15(14)22/h2-5,8-9,20-22H,6-7H2. The van der Waals surface area contributed by atoms with E-state index in [1.165, 1.54) is 18.2 Å². The topological polar surface area (TPSA) is 95.3 Å². The van der Waals surface area contributed by atoms with E-state index in [1.54, 1.807) is 12.1 Å². The smallest absolute Gasteiger partial charge is 0.344 e. The molecule has 0 aliphatic carbocycles. The van der Waals surface area contributed by atoms with E-state index in [2.05, 4.69) is 4.85 Å². The second-order valence-electron chi connectivity index (χ2n) is 5.21. The molecule has 0 spiro atoms. The van der Waals surface area contributed by atoms with Crippen LogP contribution in [0.1, 0.15) is 5.56 Å².